The maximum absolute atomic E-state index is 12.1. The zero-order chi connectivity index (χ0) is 15.4. The second kappa shape index (κ2) is 6.74. The van der Waals surface area contributed by atoms with Crippen LogP contribution in [0.5, 0.6) is 0 Å². The summed E-state index contributed by atoms with van der Waals surface area (Å²) in [6, 6.07) is 8.16. The zero-order valence-electron chi connectivity index (χ0n) is 13.0. The molecule has 21 heavy (non-hydrogen) atoms. The fraction of sp³-hybridized carbons (Fsp3) is 0.529. The van der Waals surface area contributed by atoms with Crippen LogP contribution in [0.15, 0.2) is 24.3 Å². The van der Waals surface area contributed by atoms with Crippen LogP contribution in [0.3, 0.4) is 0 Å². The van der Waals surface area contributed by atoms with Crippen molar-refractivity contribution in [3.05, 3.63) is 35.4 Å². The SMILES string of the molecule is CCC(C)NC(=O)C1CC1C(=O)NCc1ccccc1C. The van der Waals surface area contributed by atoms with E-state index in [2.05, 4.69) is 10.6 Å². The quantitative estimate of drug-likeness (QED) is 0.843. The fourth-order valence-corrected chi connectivity index (χ4v) is 2.35. The molecule has 1 aromatic carbocycles. The third-order valence-corrected chi connectivity index (χ3v) is 4.18. The Morgan fingerprint density at radius 1 is 1.24 bits per heavy atom. The molecule has 0 aromatic heterocycles. The van der Waals surface area contributed by atoms with Crippen molar-refractivity contribution in [2.75, 3.05) is 0 Å². The minimum atomic E-state index is -0.155. The first kappa shape index (κ1) is 15.5. The number of aryl methyl sites for hydroxylation is 1. The van der Waals surface area contributed by atoms with E-state index in [1.54, 1.807) is 0 Å². The van der Waals surface area contributed by atoms with Crippen LogP contribution >= 0.6 is 0 Å². The highest BCUT2D eigenvalue weighted by atomic mass is 16.2. The van der Waals surface area contributed by atoms with Gasteiger partial charge < -0.3 is 10.6 Å². The van der Waals surface area contributed by atoms with Crippen molar-refractivity contribution in [1.82, 2.24) is 10.6 Å². The molecule has 1 aliphatic carbocycles. The standard InChI is InChI=1S/C17H24N2O2/c1-4-12(3)19-17(21)15-9-14(15)16(20)18-10-13-8-6-5-7-11(13)2/h5-8,12,14-15H,4,9-10H2,1-3H3,(H,18,20)(H,19,21). The Bertz CT molecular complexity index is 527. The van der Waals surface area contributed by atoms with Gasteiger partial charge in [-0.2, -0.15) is 0 Å². The van der Waals surface area contributed by atoms with E-state index in [1.165, 1.54) is 5.56 Å². The van der Waals surface area contributed by atoms with Gasteiger partial charge in [0.25, 0.3) is 0 Å². The maximum atomic E-state index is 12.1. The molecule has 0 radical (unpaired) electrons. The lowest BCUT2D eigenvalue weighted by Crippen LogP contribution is -2.35. The molecule has 1 fully saturated rings. The number of rotatable bonds is 6. The molecule has 2 amide bonds. The molecule has 0 bridgehead atoms. The average Bonchev–Trinajstić information content (AvgIpc) is 3.26. The molecule has 4 nitrogen and oxygen atoms in total. The number of hydrogen-bond acceptors (Lipinski definition) is 2. The molecule has 2 N–H and O–H groups in total. The first-order valence-corrected chi connectivity index (χ1v) is 7.65. The van der Waals surface area contributed by atoms with E-state index in [4.69, 9.17) is 0 Å². The maximum Gasteiger partial charge on any atom is 0.224 e. The van der Waals surface area contributed by atoms with Gasteiger partial charge in [-0.1, -0.05) is 31.2 Å². The van der Waals surface area contributed by atoms with Crippen molar-refractivity contribution in [2.24, 2.45) is 11.8 Å². The highest BCUT2D eigenvalue weighted by Crippen LogP contribution is 2.38. The smallest absolute Gasteiger partial charge is 0.224 e. The van der Waals surface area contributed by atoms with Crippen molar-refractivity contribution in [3.8, 4) is 0 Å². The van der Waals surface area contributed by atoms with Gasteiger partial charge in [0.2, 0.25) is 11.8 Å². The molecular weight excluding hydrogens is 264 g/mol. The van der Waals surface area contributed by atoms with Crippen LogP contribution in [-0.4, -0.2) is 17.9 Å². The van der Waals surface area contributed by atoms with Crippen molar-refractivity contribution >= 4 is 11.8 Å². The third kappa shape index (κ3) is 4.06. The summed E-state index contributed by atoms with van der Waals surface area (Å²) >= 11 is 0. The van der Waals surface area contributed by atoms with Gasteiger partial charge in [0.05, 0.1) is 11.8 Å². The zero-order valence-corrected chi connectivity index (χ0v) is 13.0. The predicted octanol–water partition coefficient (Wildman–Crippen LogP) is 2.16. The van der Waals surface area contributed by atoms with Crippen LogP contribution < -0.4 is 10.6 Å². The monoisotopic (exact) mass is 288 g/mol. The second-order valence-electron chi connectivity index (χ2n) is 5.91. The number of nitrogens with one attached hydrogen (secondary N) is 2. The molecule has 1 aromatic rings. The molecule has 2 rings (SSSR count). The summed E-state index contributed by atoms with van der Waals surface area (Å²) in [6.45, 7) is 6.57. The molecule has 4 heteroatoms. The van der Waals surface area contributed by atoms with Gasteiger partial charge in [0.1, 0.15) is 0 Å². The van der Waals surface area contributed by atoms with E-state index in [1.807, 2.05) is 45.0 Å². The summed E-state index contributed by atoms with van der Waals surface area (Å²) in [6.07, 6.45) is 1.57. The lowest BCUT2D eigenvalue weighted by molar-refractivity contribution is -0.127. The van der Waals surface area contributed by atoms with Crippen molar-refractivity contribution < 1.29 is 9.59 Å². The molecule has 1 saturated carbocycles. The number of amides is 2. The van der Waals surface area contributed by atoms with Crippen molar-refractivity contribution in [1.29, 1.82) is 0 Å². The van der Waals surface area contributed by atoms with E-state index < -0.39 is 0 Å². The Hall–Kier alpha value is -1.84. The van der Waals surface area contributed by atoms with Gasteiger partial charge in [0.15, 0.2) is 0 Å². The molecule has 0 spiro atoms. The lowest BCUT2D eigenvalue weighted by Gasteiger charge is -2.11. The Morgan fingerprint density at radius 3 is 2.57 bits per heavy atom. The summed E-state index contributed by atoms with van der Waals surface area (Å²) < 4.78 is 0. The molecule has 0 aliphatic heterocycles. The molecule has 3 unspecified atom stereocenters. The van der Waals surface area contributed by atoms with Crippen LogP contribution in [-0.2, 0) is 16.1 Å². The van der Waals surface area contributed by atoms with E-state index >= 15 is 0 Å². The highest BCUT2D eigenvalue weighted by Gasteiger charge is 2.47. The number of benzene rings is 1. The van der Waals surface area contributed by atoms with E-state index in [-0.39, 0.29) is 29.7 Å². The predicted molar refractivity (Wildman–Crippen MR) is 82.5 cm³/mol. The van der Waals surface area contributed by atoms with Crippen LogP contribution in [0, 0.1) is 18.8 Å². The summed E-state index contributed by atoms with van der Waals surface area (Å²) in [5.74, 6) is -0.295. The summed E-state index contributed by atoms with van der Waals surface area (Å²) in [4.78, 5) is 24.0. The average molecular weight is 288 g/mol. The molecular formula is C17H24N2O2. The molecule has 0 saturated heterocycles. The van der Waals surface area contributed by atoms with Gasteiger partial charge >= 0.3 is 0 Å². The lowest BCUT2D eigenvalue weighted by atomic mass is 10.1. The van der Waals surface area contributed by atoms with Gasteiger partial charge in [-0.05, 0) is 37.8 Å². The Kier molecular flexibility index (Phi) is 4.99. The number of hydrogen-bond donors (Lipinski definition) is 2. The van der Waals surface area contributed by atoms with E-state index in [9.17, 15) is 9.59 Å². The Balaban J connectivity index is 1.78. The topological polar surface area (TPSA) is 58.2 Å². The van der Waals surface area contributed by atoms with Crippen LogP contribution in [0.4, 0.5) is 0 Å². The summed E-state index contributed by atoms with van der Waals surface area (Å²) in [5.41, 5.74) is 2.28. The minimum Gasteiger partial charge on any atom is -0.353 e. The molecule has 0 heterocycles. The van der Waals surface area contributed by atoms with Crippen molar-refractivity contribution in [3.63, 3.8) is 0 Å². The van der Waals surface area contributed by atoms with Crippen LogP contribution in [0.25, 0.3) is 0 Å². The summed E-state index contributed by atoms with van der Waals surface area (Å²) in [5, 5.41) is 5.88. The fourth-order valence-electron chi connectivity index (χ4n) is 2.35. The number of carbonyl (C=O) groups excluding carboxylic acids is 2. The van der Waals surface area contributed by atoms with Gasteiger partial charge in [-0.25, -0.2) is 0 Å². The van der Waals surface area contributed by atoms with Crippen molar-refractivity contribution in [2.45, 2.75) is 46.2 Å². The van der Waals surface area contributed by atoms with E-state index in [0.717, 1.165) is 12.0 Å². The normalized spacial score (nSPS) is 21.5. The molecule has 3 atom stereocenters. The van der Waals surface area contributed by atoms with E-state index in [0.29, 0.717) is 13.0 Å². The Labute approximate surface area is 126 Å². The first-order chi connectivity index (χ1) is 10.0. The molecule has 114 valence electrons. The molecule has 1 aliphatic rings. The minimum absolute atomic E-state index is 0.0115. The van der Waals surface area contributed by atoms with Gasteiger partial charge in [-0.3, -0.25) is 9.59 Å². The largest absolute Gasteiger partial charge is 0.353 e. The second-order valence-corrected chi connectivity index (χ2v) is 5.91. The third-order valence-electron chi connectivity index (χ3n) is 4.18. The van der Waals surface area contributed by atoms with Gasteiger partial charge in [0, 0.05) is 12.6 Å². The van der Waals surface area contributed by atoms with Gasteiger partial charge in [-0.15, -0.1) is 0 Å². The Morgan fingerprint density at radius 2 is 1.90 bits per heavy atom. The summed E-state index contributed by atoms with van der Waals surface area (Å²) in [7, 11) is 0. The highest BCUT2D eigenvalue weighted by molar-refractivity contribution is 5.92. The number of carbonyl (C=O) groups is 2. The first-order valence-electron chi connectivity index (χ1n) is 7.65. The van der Waals surface area contributed by atoms with Crippen LogP contribution in [0.1, 0.15) is 37.8 Å². The van der Waals surface area contributed by atoms with Crippen LogP contribution in [0.2, 0.25) is 0 Å².